The molecule has 0 amide bonds. The van der Waals surface area contributed by atoms with Crippen LogP contribution in [0, 0.1) is 6.92 Å². The summed E-state index contributed by atoms with van der Waals surface area (Å²) in [6, 6.07) is 11.7. The molecule has 0 bridgehead atoms. The SMILES string of the molecule is Cc1ccc(C(C)Nc2cccc3n[se]nc23)c(O)c1. The van der Waals surface area contributed by atoms with Gasteiger partial charge < -0.3 is 0 Å². The van der Waals surface area contributed by atoms with Crippen LogP contribution in [0.2, 0.25) is 0 Å². The zero-order valence-electron chi connectivity index (χ0n) is 11.3. The van der Waals surface area contributed by atoms with E-state index in [1.807, 2.05) is 44.2 Å². The summed E-state index contributed by atoms with van der Waals surface area (Å²) in [5.41, 5.74) is 4.79. The van der Waals surface area contributed by atoms with Crippen LogP contribution in [0.25, 0.3) is 11.0 Å². The van der Waals surface area contributed by atoms with Gasteiger partial charge in [0.1, 0.15) is 0 Å². The van der Waals surface area contributed by atoms with E-state index in [9.17, 15) is 5.11 Å². The van der Waals surface area contributed by atoms with Crippen molar-refractivity contribution >= 4 is 31.7 Å². The maximum atomic E-state index is 10.1. The number of aromatic nitrogens is 2. The van der Waals surface area contributed by atoms with Crippen LogP contribution >= 0.6 is 0 Å². The third-order valence-electron chi connectivity index (χ3n) is 3.31. The summed E-state index contributed by atoms with van der Waals surface area (Å²) in [4.78, 5) is 0. The van der Waals surface area contributed by atoms with Crippen LogP contribution in [-0.2, 0) is 0 Å². The van der Waals surface area contributed by atoms with E-state index in [4.69, 9.17) is 0 Å². The van der Waals surface area contributed by atoms with Crippen molar-refractivity contribution < 1.29 is 5.11 Å². The molecule has 0 saturated carbocycles. The maximum absolute atomic E-state index is 10.1. The summed E-state index contributed by atoms with van der Waals surface area (Å²) in [6.45, 7) is 4.00. The van der Waals surface area contributed by atoms with Crippen molar-refractivity contribution in [1.82, 2.24) is 7.96 Å². The molecule has 0 spiro atoms. The third-order valence-corrected chi connectivity index (χ3v) is 4.45. The number of nitrogens with zero attached hydrogens (tertiary/aromatic N) is 2. The molecule has 3 rings (SSSR count). The molecular weight excluding hydrogens is 317 g/mol. The van der Waals surface area contributed by atoms with Gasteiger partial charge in [-0.2, -0.15) is 0 Å². The molecule has 1 atom stereocenters. The van der Waals surface area contributed by atoms with E-state index < -0.39 is 0 Å². The van der Waals surface area contributed by atoms with Crippen molar-refractivity contribution in [2.45, 2.75) is 19.9 Å². The van der Waals surface area contributed by atoms with Gasteiger partial charge in [-0.25, -0.2) is 0 Å². The van der Waals surface area contributed by atoms with E-state index in [0.29, 0.717) is 5.75 Å². The molecule has 1 aromatic heterocycles. The molecular formula is C15H15N3OSe. The van der Waals surface area contributed by atoms with Crippen LogP contribution in [0.4, 0.5) is 5.69 Å². The van der Waals surface area contributed by atoms with Crippen molar-refractivity contribution in [3.8, 4) is 5.75 Å². The molecule has 4 nitrogen and oxygen atoms in total. The van der Waals surface area contributed by atoms with Crippen molar-refractivity contribution in [2.24, 2.45) is 0 Å². The number of nitrogens with one attached hydrogen (secondary N) is 1. The van der Waals surface area contributed by atoms with Crippen LogP contribution in [0.5, 0.6) is 5.75 Å². The molecule has 0 aliphatic rings. The van der Waals surface area contributed by atoms with Gasteiger partial charge in [0.05, 0.1) is 0 Å². The number of aryl methyl sites for hydroxylation is 1. The molecule has 2 N–H and O–H groups in total. The van der Waals surface area contributed by atoms with Gasteiger partial charge in [0.2, 0.25) is 0 Å². The van der Waals surface area contributed by atoms with Gasteiger partial charge in [-0.1, -0.05) is 0 Å². The molecule has 0 aliphatic carbocycles. The van der Waals surface area contributed by atoms with Crippen LogP contribution in [0.3, 0.4) is 0 Å². The second kappa shape index (κ2) is 5.27. The van der Waals surface area contributed by atoms with Gasteiger partial charge in [-0.15, -0.1) is 0 Å². The fourth-order valence-electron chi connectivity index (χ4n) is 2.25. The molecule has 0 saturated heterocycles. The van der Waals surface area contributed by atoms with E-state index in [0.717, 1.165) is 27.8 Å². The monoisotopic (exact) mass is 333 g/mol. The Balaban J connectivity index is 1.92. The van der Waals surface area contributed by atoms with Gasteiger partial charge in [-0.3, -0.25) is 0 Å². The van der Waals surface area contributed by atoms with E-state index in [1.54, 1.807) is 6.07 Å². The number of anilines is 1. The molecule has 1 unspecified atom stereocenters. The number of aromatic hydroxyl groups is 1. The van der Waals surface area contributed by atoms with E-state index in [-0.39, 0.29) is 21.0 Å². The fourth-order valence-corrected chi connectivity index (χ4v) is 3.41. The average molecular weight is 332 g/mol. The van der Waals surface area contributed by atoms with Crippen LogP contribution in [0.1, 0.15) is 24.1 Å². The number of hydrogen-bond donors (Lipinski definition) is 2. The number of benzene rings is 2. The zero-order valence-corrected chi connectivity index (χ0v) is 13.0. The number of rotatable bonds is 3. The predicted octanol–water partition coefficient (Wildman–Crippen LogP) is 2.87. The van der Waals surface area contributed by atoms with E-state index in [1.165, 1.54) is 0 Å². The van der Waals surface area contributed by atoms with Crippen LogP contribution in [0.15, 0.2) is 36.4 Å². The van der Waals surface area contributed by atoms with Crippen molar-refractivity contribution in [3.63, 3.8) is 0 Å². The van der Waals surface area contributed by atoms with Gasteiger partial charge in [-0.05, 0) is 0 Å². The van der Waals surface area contributed by atoms with Gasteiger partial charge in [0.25, 0.3) is 0 Å². The Morgan fingerprint density at radius 1 is 1.20 bits per heavy atom. The zero-order chi connectivity index (χ0) is 14.1. The molecule has 3 aromatic rings. The first kappa shape index (κ1) is 13.2. The normalized spacial score (nSPS) is 12.5. The van der Waals surface area contributed by atoms with Crippen LogP contribution in [-0.4, -0.2) is 28.0 Å². The van der Waals surface area contributed by atoms with E-state index in [2.05, 4.69) is 13.3 Å². The Hall–Kier alpha value is -1.84. The number of hydrogen-bond acceptors (Lipinski definition) is 4. The van der Waals surface area contributed by atoms with E-state index >= 15 is 0 Å². The van der Waals surface area contributed by atoms with Gasteiger partial charge in [0.15, 0.2) is 0 Å². The van der Waals surface area contributed by atoms with Crippen molar-refractivity contribution in [1.29, 1.82) is 0 Å². The molecule has 5 heteroatoms. The quantitative estimate of drug-likeness (QED) is 0.724. The Bertz CT molecular complexity index is 754. The number of fused-ring (bicyclic) bond motifs is 1. The summed E-state index contributed by atoms with van der Waals surface area (Å²) in [6.07, 6.45) is 0. The summed E-state index contributed by atoms with van der Waals surface area (Å²) < 4.78 is 8.83. The minimum absolute atomic E-state index is 0.00500. The Kier molecular flexibility index (Phi) is 3.47. The standard InChI is InChI=1S/C15H15N3OSe/c1-9-6-7-11(14(19)8-9)10(2)16-12-4-3-5-13-15(12)18-20-17-13/h3-8,10,16,19H,1-2H3. The minimum atomic E-state index is -0.0324. The first-order valence-corrected chi connectivity index (χ1v) is 7.95. The molecule has 0 fully saturated rings. The van der Waals surface area contributed by atoms with Gasteiger partial charge in [0, 0.05) is 0 Å². The molecule has 102 valence electrons. The molecule has 0 aliphatic heterocycles. The molecule has 2 aromatic carbocycles. The summed E-state index contributed by atoms with van der Waals surface area (Å²) in [5.74, 6) is 0.323. The molecule has 20 heavy (non-hydrogen) atoms. The molecule has 1 heterocycles. The first-order valence-electron chi connectivity index (χ1n) is 6.42. The Morgan fingerprint density at radius 3 is 2.85 bits per heavy atom. The summed E-state index contributed by atoms with van der Waals surface area (Å²) in [7, 11) is 0. The first-order chi connectivity index (χ1) is 9.65. The summed E-state index contributed by atoms with van der Waals surface area (Å²) >= 11 is -0.0324. The Morgan fingerprint density at radius 2 is 2.05 bits per heavy atom. The number of phenols is 1. The topological polar surface area (TPSA) is 58.0 Å². The average Bonchev–Trinajstić information content (AvgIpc) is 2.87. The second-order valence-corrected chi connectivity index (χ2v) is 5.97. The summed E-state index contributed by atoms with van der Waals surface area (Å²) in [5, 5.41) is 13.5. The van der Waals surface area contributed by atoms with Crippen molar-refractivity contribution in [3.05, 3.63) is 47.5 Å². The Labute approximate surface area is 123 Å². The van der Waals surface area contributed by atoms with Crippen LogP contribution < -0.4 is 5.32 Å². The second-order valence-electron chi connectivity index (χ2n) is 4.87. The fraction of sp³-hybridized carbons (Fsp3) is 0.200. The van der Waals surface area contributed by atoms with Crippen molar-refractivity contribution in [2.75, 3.05) is 5.32 Å². The molecule has 0 radical (unpaired) electrons. The van der Waals surface area contributed by atoms with Gasteiger partial charge >= 0.3 is 123 Å². The third kappa shape index (κ3) is 2.42. The predicted molar refractivity (Wildman–Crippen MR) is 81.4 cm³/mol. The number of phenolic OH excluding ortho intramolecular Hbond substituents is 1.